The highest BCUT2D eigenvalue weighted by atomic mass is 32.2. The van der Waals surface area contributed by atoms with Crippen molar-refractivity contribution in [1.82, 2.24) is 4.31 Å². The van der Waals surface area contributed by atoms with E-state index >= 15 is 0 Å². The predicted molar refractivity (Wildman–Crippen MR) is 98.0 cm³/mol. The maximum Gasteiger partial charge on any atom is 0.242 e. The van der Waals surface area contributed by atoms with Gasteiger partial charge < -0.3 is 4.90 Å². The van der Waals surface area contributed by atoms with Crippen molar-refractivity contribution in [2.75, 3.05) is 25.0 Å². The van der Waals surface area contributed by atoms with Crippen molar-refractivity contribution in [1.29, 1.82) is 0 Å². The summed E-state index contributed by atoms with van der Waals surface area (Å²) in [5.41, 5.74) is 2.18. The molecule has 0 radical (unpaired) electrons. The van der Waals surface area contributed by atoms with Crippen LogP contribution in [0.5, 0.6) is 0 Å². The van der Waals surface area contributed by atoms with Crippen molar-refractivity contribution < 1.29 is 13.2 Å². The molecule has 1 heterocycles. The second kappa shape index (κ2) is 7.37. The van der Waals surface area contributed by atoms with Gasteiger partial charge in [-0.3, -0.25) is 4.79 Å². The Balaban J connectivity index is 1.56. The summed E-state index contributed by atoms with van der Waals surface area (Å²) in [6, 6.07) is 16.3. The van der Waals surface area contributed by atoms with Crippen LogP contribution in [-0.2, 0) is 21.2 Å². The van der Waals surface area contributed by atoms with Crippen molar-refractivity contribution in [3.63, 3.8) is 0 Å². The van der Waals surface area contributed by atoms with E-state index in [4.69, 9.17) is 0 Å². The second-order valence-corrected chi connectivity index (χ2v) is 8.21. The lowest BCUT2D eigenvalue weighted by molar-refractivity contribution is -0.118. The van der Waals surface area contributed by atoms with Crippen LogP contribution in [0.25, 0.3) is 0 Å². The number of amides is 1. The quantitative estimate of drug-likeness (QED) is 0.798. The number of sulfonamides is 1. The van der Waals surface area contributed by atoms with Gasteiger partial charge in [0.05, 0.1) is 4.90 Å². The number of para-hydroxylation sites is 1. The first-order valence-corrected chi connectivity index (χ1v) is 9.84. The number of nitrogens with zero attached hydrogens (tertiary/aromatic N) is 2. The standard InChI is InChI=1S/C19H22N2O3S/c1-20(25(23,24)17-9-3-2-4-10-17)14-7-12-19(22)21-15-13-16-8-5-6-11-18(16)21/h2-6,8-11H,7,12-15H2,1H3. The van der Waals surface area contributed by atoms with E-state index in [2.05, 4.69) is 0 Å². The molecule has 6 heteroatoms. The third-order valence-corrected chi connectivity index (χ3v) is 6.37. The van der Waals surface area contributed by atoms with Gasteiger partial charge in [-0.15, -0.1) is 0 Å². The van der Waals surface area contributed by atoms with E-state index in [1.807, 2.05) is 24.3 Å². The van der Waals surface area contributed by atoms with Crippen molar-refractivity contribution in [2.24, 2.45) is 0 Å². The Morgan fingerprint density at radius 3 is 2.52 bits per heavy atom. The van der Waals surface area contributed by atoms with Crippen molar-refractivity contribution in [2.45, 2.75) is 24.2 Å². The Morgan fingerprint density at radius 1 is 1.08 bits per heavy atom. The smallest absolute Gasteiger partial charge is 0.242 e. The fraction of sp³-hybridized carbons (Fsp3) is 0.316. The Hall–Kier alpha value is -2.18. The lowest BCUT2D eigenvalue weighted by Crippen LogP contribution is -2.31. The van der Waals surface area contributed by atoms with E-state index < -0.39 is 10.0 Å². The molecule has 0 atom stereocenters. The van der Waals surface area contributed by atoms with Crippen LogP contribution >= 0.6 is 0 Å². The molecule has 0 unspecified atom stereocenters. The highest BCUT2D eigenvalue weighted by molar-refractivity contribution is 7.89. The Morgan fingerprint density at radius 2 is 1.76 bits per heavy atom. The molecular weight excluding hydrogens is 336 g/mol. The third-order valence-electron chi connectivity index (χ3n) is 4.50. The van der Waals surface area contributed by atoms with Crippen molar-refractivity contribution in [3.05, 3.63) is 60.2 Å². The summed E-state index contributed by atoms with van der Waals surface area (Å²) < 4.78 is 26.2. The molecule has 1 aliphatic rings. The van der Waals surface area contributed by atoms with Crippen LogP contribution in [0, 0.1) is 0 Å². The molecule has 1 amide bonds. The molecule has 3 rings (SSSR count). The predicted octanol–water partition coefficient (Wildman–Crippen LogP) is 2.68. The summed E-state index contributed by atoms with van der Waals surface area (Å²) in [6.07, 6.45) is 1.72. The van der Waals surface area contributed by atoms with E-state index in [9.17, 15) is 13.2 Å². The fourth-order valence-electron chi connectivity index (χ4n) is 3.08. The number of rotatable bonds is 6. The number of carbonyl (C=O) groups is 1. The van der Waals surface area contributed by atoms with Crippen LogP contribution in [0.3, 0.4) is 0 Å². The lowest BCUT2D eigenvalue weighted by atomic mass is 10.2. The molecule has 0 saturated heterocycles. The molecule has 0 aliphatic carbocycles. The van der Waals surface area contributed by atoms with E-state index in [1.165, 1.54) is 9.87 Å². The summed E-state index contributed by atoms with van der Waals surface area (Å²) in [4.78, 5) is 14.5. The van der Waals surface area contributed by atoms with Gasteiger partial charge >= 0.3 is 0 Å². The second-order valence-electron chi connectivity index (χ2n) is 6.17. The summed E-state index contributed by atoms with van der Waals surface area (Å²) in [6.45, 7) is 1.02. The minimum Gasteiger partial charge on any atom is -0.312 e. The molecule has 2 aromatic rings. The Labute approximate surface area is 148 Å². The topological polar surface area (TPSA) is 57.7 Å². The molecule has 0 fully saturated rings. The molecule has 132 valence electrons. The average Bonchev–Trinajstić information content (AvgIpc) is 3.06. The number of hydrogen-bond donors (Lipinski definition) is 0. The van der Waals surface area contributed by atoms with Crippen LogP contribution in [-0.4, -0.2) is 38.8 Å². The zero-order valence-electron chi connectivity index (χ0n) is 14.3. The molecular formula is C19H22N2O3S. The van der Waals surface area contributed by atoms with Crippen LogP contribution in [0.4, 0.5) is 5.69 Å². The monoisotopic (exact) mass is 358 g/mol. The first kappa shape index (κ1) is 17.6. The molecule has 2 aromatic carbocycles. The van der Waals surface area contributed by atoms with Crippen molar-refractivity contribution >= 4 is 21.6 Å². The molecule has 1 aliphatic heterocycles. The maximum absolute atomic E-state index is 12.5. The van der Waals surface area contributed by atoms with E-state index in [1.54, 1.807) is 42.3 Å². The minimum atomic E-state index is -3.50. The number of hydrogen-bond acceptors (Lipinski definition) is 3. The van der Waals surface area contributed by atoms with Gasteiger partial charge in [-0.25, -0.2) is 12.7 Å². The maximum atomic E-state index is 12.5. The van der Waals surface area contributed by atoms with Crippen LogP contribution in [0.2, 0.25) is 0 Å². The third kappa shape index (κ3) is 3.75. The van der Waals surface area contributed by atoms with E-state index in [0.717, 1.165) is 12.1 Å². The number of fused-ring (bicyclic) bond motifs is 1. The van der Waals surface area contributed by atoms with Gasteiger partial charge in [0.15, 0.2) is 0 Å². The summed E-state index contributed by atoms with van der Waals surface area (Å²) in [5.74, 6) is 0.0514. The first-order chi connectivity index (χ1) is 12.0. The molecule has 0 saturated carbocycles. The SMILES string of the molecule is CN(CCCC(=O)N1CCc2ccccc21)S(=O)(=O)c1ccccc1. The molecule has 5 nitrogen and oxygen atoms in total. The van der Waals surface area contributed by atoms with Gasteiger partial charge in [0, 0.05) is 32.2 Å². The summed E-state index contributed by atoms with van der Waals surface area (Å²) in [7, 11) is -1.94. The van der Waals surface area contributed by atoms with Gasteiger partial charge in [-0.2, -0.15) is 0 Å². The normalized spacial score (nSPS) is 13.9. The zero-order valence-corrected chi connectivity index (χ0v) is 15.1. The Kier molecular flexibility index (Phi) is 5.20. The van der Waals surface area contributed by atoms with Crippen LogP contribution in [0.1, 0.15) is 18.4 Å². The largest absolute Gasteiger partial charge is 0.312 e. The highest BCUT2D eigenvalue weighted by Crippen LogP contribution is 2.28. The summed E-state index contributed by atoms with van der Waals surface area (Å²) in [5, 5.41) is 0. The first-order valence-electron chi connectivity index (χ1n) is 8.40. The Bertz CT molecular complexity index is 850. The van der Waals surface area contributed by atoms with Gasteiger partial charge in [0.1, 0.15) is 0 Å². The van der Waals surface area contributed by atoms with E-state index in [0.29, 0.717) is 25.9 Å². The molecule has 25 heavy (non-hydrogen) atoms. The van der Waals surface area contributed by atoms with Gasteiger partial charge in [-0.05, 0) is 36.6 Å². The van der Waals surface area contributed by atoms with Crippen LogP contribution < -0.4 is 4.90 Å². The summed E-state index contributed by atoms with van der Waals surface area (Å²) >= 11 is 0. The molecule has 0 bridgehead atoms. The number of benzene rings is 2. The molecule has 0 spiro atoms. The van der Waals surface area contributed by atoms with Gasteiger partial charge in [-0.1, -0.05) is 36.4 Å². The van der Waals surface area contributed by atoms with Gasteiger partial charge in [0.25, 0.3) is 0 Å². The van der Waals surface area contributed by atoms with Crippen molar-refractivity contribution in [3.8, 4) is 0 Å². The van der Waals surface area contributed by atoms with Gasteiger partial charge in [0.2, 0.25) is 15.9 Å². The highest BCUT2D eigenvalue weighted by Gasteiger charge is 2.24. The van der Waals surface area contributed by atoms with E-state index in [-0.39, 0.29) is 10.8 Å². The molecule has 0 aromatic heterocycles. The lowest BCUT2D eigenvalue weighted by Gasteiger charge is -2.19. The number of anilines is 1. The fourth-order valence-corrected chi connectivity index (χ4v) is 4.31. The van der Waals surface area contributed by atoms with Crippen LogP contribution in [0.15, 0.2) is 59.5 Å². The molecule has 0 N–H and O–H groups in total. The number of carbonyl (C=O) groups excluding carboxylic acids is 1. The zero-order chi connectivity index (χ0) is 17.9. The minimum absolute atomic E-state index is 0.0514. The average molecular weight is 358 g/mol.